The molecule has 0 radical (unpaired) electrons. The summed E-state index contributed by atoms with van der Waals surface area (Å²) in [6.45, 7) is 3.73. The molecule has 1 aromatic carbocycles. The monoisotopic (exact) mass is 390 g/mol. The normalized spacial score (nSPS) is 17.4. The van der Waals surface area contributed by atoms with Gasteiger partial charge in [-0.1, -0.05) is 18.2 Å². The highest BCUT2D eigenvalue weighted by atomic mass is 16.2. The molecule has 1 N–H and O–H groups in total. The van der Waals surface area contributed by atoms with Crippen LogP contribution in [0.1, 0.15) is 10.4 Å². The molecule has 2 fully saturated rings. The van der Waals surface area contributed by atoms with E-state index in [9.17, 15) is 9.59 Å². The molecule has 29 heavy (non-hydrogen) atoms. The quantitative estimate of drug-likeness (QED) is 0.730. The van der Waals surface area contributed by atoms with Crippen LogP contribution in [0.25, 0.3) is 10.9 Å². The van der Waals surface area contributed by atoms with Gasteiger partial charge in [0.25, 0.3) is 5.91 Å². The standard InChI is InChI=1S/C21H22N6O2/c28-19(25-8-10-26(11-9-25)21-22-6-3-7-23-21)15-13-27(14-15)20(29)17-12-24-18-5-2-1-4-16(17)18/h1-7,12,15,24H,8-11,13-14H2. The Morgan fingerprint density at radius 1 is 0.931 bits per heavy atom. The van der Waals surface area contributed by atoms with E-state index in [2.05, 4.69) is 19.9 Å². The first-order valence-corrected chi connectivity index (χ1v) is 9.87. The van der Waals surface area contributed by atoms with Crippen LogP contribution in [0, 0.1) is 5.92 Å². The number of anilines is 1. The van der Waals surface area contributed by atoms with Crippen LogP contribution in [0.2, 0.25) is 0 Å². The minimum absolute atomic E-state index is 0.0162. The Balaban J connectivity index is 1.16. The Kier molecular flexibility index (Phi) is 4.38. The lowest BCUT2D eigenvalue weighted by Gasteiger charge is -2.42. The van der Waals surface area contributed by atoms with Crippen LogP contribution in [0.4, 0.5) is 5.95 Å². The zero-order chi connectivity index (χ0) is 19.8. The third-order valence-electron chi connectivity index (χ3n) is 5.76. The van der Waals surface area contributed by atoms with E-state index in [1.54, 1.807) is 29.6 Å². The summed E-state index contributed by atoms with van der Waals surface area (Å²) in [6, 6.07) is 9.56. The number of nitrogens with one attached hydrogen (secondary N) is 1. The molecule has 0 saturated carbocycles. The molecule has 2 saturated heterocycles. The molecule has 148 valence electrons. The lowest BCUT2D eigenvalue weighted by molar-refractivity contribution is -0.140. The van der Waals surface area contributed by atoms with E-state index in [0.29, 0.717) is 37.7 Å². The lowest BCUT2D eigenvalue weighted by Crippen LogP contribution is -2.59. The Bertz CT molecular complexity index is 1040. The fourth-order valence-corrected chi connectivity index (χ4v) is 4.06. The fraction of sp³-hybridized carbons (Fsp3) is 0.333. The van der Waals surface area contributed by atoms with Crippen LogP contribution >= 0.6 is 0 Å². The SMILES string of the molecule is O=C(c1c[nH]c2ccccc12)N1CC(C(=O)N2CCN(c3ncccn3)CC2)C1. The van der Waals surface area contributed by atoms with E-state index in [0.717, 1.165) is 24.0 Å². The van der Waals surface area contributed by atoms with Gasteiger partial charge in [-0.25, -0.2) is 9.97 Å². The first-order chi connectivity index (χ1) is 14.2. The van der Waals surface area contributed by atoms with Crippen LogP contribution in [0.5, 0.6) is 0 Å². The van der Waals surface area contributed by atoms with E-state index in [1.165, 1.54) is 0 Å². The molecule has 4 heterocycles. The second kappa shape index (κ2) is 7.20. The summed E-state index contributed by atoms with van der Waals surface area (Å²) in [4.78, 5) is 43.1. The maximum atomic E-state index is 12.8. The van der Waals surface area contributed by atoms with Gasteiger partial charge in [-0.15, -0.1) is 0 Å². The predicted octanol–water partition coefficient (Wildman–Crippen LogP) is 1.38. The average molecular weight is 390 g/mol. The zero-order valence-corrected chi connectivity index (χ0v) is 16.0. The number of hydrogen-bond acceptors (Lipinski definition) is 5. The number of nitrogens with zero attached hydrogens (tertiary/aromatic N) is 5. The van der Waals surface area contributed by atoms with Crippen molar-refractivity contribution in [1.82, 2.24) is 24.8 Å². The van der Waals surface area contributed by atoms with Crippen molar-refractivity contribution in [2.24, 2.45) is 5.92 Å². The summed E-state index contributed by atoms with van der Waals surface area (Å²) in [6.07, 6.45) is 5.22. The smallest absolute Gasteiger partial charge is 0.256 e. The third kappa shape index (κ3) is 3.20. The van der Waals surface area contributed by atoms with Crippen molar-refractivity contribution in [3.05, 3.63) is 54.5 Å². The third-order valence-corrected chi connectivity index (χ3v) is 5.76. The maximum Gasteiger partial charge on any atom is 0.256 e. The molecule has 8 nitrogen and oxygen atoms in total. The number of H-pyrrole nitrogens is 1. The number of aromatic nitrogens is 3. The van der Waals surface area contributed by atoms with Gasteiger partial charge in [0.2, 0.25) is 11.9 Å². The summed E-state index contributed by atoms with van der Waals surface area (Å²) in [5, 5.41) is 0.923. The highest BCUT2D eigenvalue weighted by molar-refractivity contribution is 6.07. The number of carbonyl (C=O) groups excluding carboxylic acids is 2. The molecule has 0 spiro atoms. The molecule has 0 bridgehead atoms. The number of aromatic amines is 1. The number of carbonyl (C=O) groups is 2. The van der Waals surface area contributed by atoms with Gasteiger partial charge in [0.15, 0.2) is 0 Å². The number of rotatable bonds is 3. The molecular formula is C21H22N6O2. The number of benzene rings is 1. The lowest BCUT2D eigenvalue weighted by atomic mass is 9.96. The van der Waals surface area contributed by atoms with Gasteiger partial charge in [-0.05, 0) is 12.1 Å². The van der Waals surface area contributed by atoms with Crippen molar-refractivity contribution >= 4 is 28.7 Å². The average Bonchev–Trinajstić information content (AvgIpc) is 3.17. The molecule has 0 atom stereocenters. The first kappa shape index (κ1) is 17.7. The fourth-order valence-electron chi connectivity index (χ4n) is 4.06. The van der Waals surface area contributed by atoms with Crippen LogP contribution in [0.15, 0.2) is 48.9 Å². The molecule has 8 heteroatoms. The zero-order valence-electron chi connectivity index (χ0n) is 16.0. The number of piperazine rings is 1. The van der Waals surface area contributed by atoms with Gasteiger partial charge < -0.3 is 19.7 Å². The molecule has 2 aliphatic rings. The van der Waals surface area contributed by atoms with Crippen molar-refractivity contribution < 1.29 is 9.59 Å². The minimum atomic E-state index is -0.108. The van der Waals surface area contributed by atoms with Gasteiger partial charge >= 0.3 is 0 Å². The molecule has 2 aromatic heterocycles. The summed E-state index contributed by atoms with van der Waals surface area (Å²) >= 11 is 0. The highest BCUT2D eigenvalue weighted by Gasteiger charge is 2.39. The molecule has 5 rings (SSSR count). The Hall–Kier alpha value is -3.42. The largest absolute Gasteiger partial charge is 0.360 e. The van der Waals surface area contributed by atoms with E-state index >= 15 is 0 Å². The molecule has 0 unspecified atom stereocenters. The topological polar surface area (TPSA) is 85.4 Å². The molecular weight excluding hydrogens is 368 g/mol. The minimum Gasteiger partial charge on any atom is -0.360 e. The van der Waals surface area contributed by atoms with Gasteiger partial charge in [-0.3, -0.25) is 9.59 Å². The van der Waals surface area contributed by atoms with E-state index in [4.69, 9.17) is 0 Å². The van der Waals surface area contributed by atoms with Gasteiger partial charge in [0, 0.05) is 68.8 Å². The van der Waals surface area contributed by atoms with E-state index < -0.39 is 0 Å². The Morgan fingerprint density at radius 2 is 1.66 bits per heavy atom. The van der Waals surface area contributed by atoms with E-state index in [1.807, 2.05) is 29.2 Å². The molecule has 3 aromatic rings. The number of likely N-dealkylation sites (tertiary alicyclic amines) is 1. The van der Waals surface area contributed by atoms with Crippen molar-refractivity contribution in [3.63, 3.8) is 0 Å². The van der Waals surface area contributed by atoms with Crippen molar-refractivity contribution in [2.45, 2.75) is 0 Å². The Morgan fingerprint density at radius 3 is 2.41 bits per heavy atom. The maximum absolute atomic E-state index is 12.8. The molecule has 2 amide bonds. The van der Waals surface area contributed by atoms with Gasteiger partial charge in [0.05, 0.1) is 11.5 Å². The van der Waals surface area contributed by atoms with Crippen molar-refractivity contribution in [1.29, 1.82) is 0 Å². The number of hydrogen-bond donors (Lipinski definition) is 1. The number of fused-ring (bicyclic) bond motifs is 1. The van der Waals surface area contributed by atoms with Crippen molar-refractivity contribution in [2.75, 3.05) is 44.2 Å². The summed E-state index contributed by atoms with van der Waals surface area (Å²) in [5.74, 6) is 0.724. The number of para-hydroxylation sites is 1. The van der Waals surface area contributed by atoms with Crippen LogP contribution in [0.3, 0.4) is 0 Å². The van der Waals surface area contributed by atoms with Crippen LogP contribution < -0.4 is 4.90 Å². The van der Waals surface area contributed by atoms with Gasteiger partial charge in [0.1, 0.15) is 0 Å². The second-order valence-corrected chi connectivity index (χ2v) is 7.52. The molecule has 0 aliphatic carbocycles. The highest BCUT2D eigenvalue weighted by Crippen LogP contribution is 2.25. The summed E-state index contributed by atoms with van der Waals surface area (Å²) in [5.41, 5.74) is 1.62. The van der Waals surface area contributed by atoms with Crippen LogP contribution in [-0.4, -0.2) is 75.8 Å². The summed E-state index contributed by atoms with van der Waals surface area (Å²) < 4.78 is 0. The van der Waals surface area contributed by atoms with E-state index in [-0.39, 0.29) is 17.7 Å². The van der Waals surface area contributed by atoms with Crippen LogP contribution in [-0.2, 0) is 4.79 Å². The Labute approximate surface area is 168 Å². The molecule has 2 aliphatic heterocycles. The first-order valence-electron chi connectivity index (χ1n) is 9.87. The number of amides is 2. The second-order valence-electron chi connectivity index (χ2n) is 7.52. The predicted molar refractivity (Wildman–Crippen MR) is 109 cm³/mol. The van der Waals surface area contributed by atoms with Gasteiger partial charge in [-0.2, -0.15) is 0 Å². The van der Waals surface area contributed by atoms with Crippen molar-refractivity contribution in [3.8, 4) is 0 Å². The summed E-state index contributed by atoms with van der Waals surface area (Å²) in [7, 11) is 0.